The molecule has 2 atom stereocenters. The van der Waals surface area contributed by atoms with Crippen LogP contribution in [0.4, 0.5) is 5.69 Å². The monoisotopic (exact) mass is 546 g/mol. The maximum Gasteiger partial charge on any atom is 0.231 e. The smallest absolute Gasteiger partial charge is 0.231 e. The number of thiocarbonyl (C=S) groups is 1. The van der Waals surface area contributed by atoms with Gasteiger partial charge in [0, 0.05) is 39.5 Å². The number of aryl methyl sites for hydroxylation is 1. The lowest BCUT2D eigenvalue weighted by Gasteiger charge is -2.28. The summed E-state index contributed by atoms with van der Waals surface area (Å²) >= 11 is 9.44. The fourth-order valence-electron chi connectivity index (χ4n) is 5.06. The van der Waals surface area contributed by atoms with Gasteiger partial charge in [0.05, 0.1) is 17.8 Å². The number of halogens is 1. The average molecular weight is 547 g/mol. The molecule has 1 N–H and O–H groups in total. The molecular weight excluding hydrogens is 524 g/mol. The first-order valence-corrected chi connectivity index (χ1v) is 12.6. The van der Waals surface area contributed by atoms with Crippen molar-refractivity contribution in [1.82, 2.24) is 14.9 Å². The van der Waals surface area contributed by atoms with E-state index in [2.05, 4.69) is 79.9 Å². The van der Waals surface area contributed by atoms with Crippen molar-refractivity contribution in [3.63, 3.8) is 0 Å². The number of pyridine rings is 1. The molecule has 0 bridgehead atoms. The third-order valence-corrected chi connectivity index (χ3v) is 7.45. The number of hydrogen-bond acceptors (Lipinski definition) is 4. The number of anilines is 1. The molecule has 6 rings (SSSR count). The second kappa shape index (κ2) is 8.70. The average Bonchev–Trinajstić information content (AvgIpc) is 3.55. The molecule has 1 saturated heterocycles. The lowest BCUT2D eigenvalue weighted by atomic mass is 9.96. The normalized spacial score (nSPS) is 18.7. The second-order valence-corrected chi connectivity index (χ2v) is 9.97. The summed E-state index contributed by atoms with van der Waals surface area (Å²) < 4.78 is 14.5. The Balaban J connectivity index is 1.51. The molecule has 176 valence electrons. The maximum absolute atomic E-state index is 5.90. The summed E-state index contributed by atoms with van der Waals surface area (Å²) in [4.78, 5) is 6.85. The van der Waals surface area contributed by atoms with Crippen molar-refractivity contribution in [3.8, 4) is 17.2 Å². The standard InChI is InChI=1S/C27H23BrN4O2S/c1-16-13-21(17(2)31(16)19-8-6-18(28)7-9-19)26-25(22-5-3-4-12-29-22)30-27(35)32(26)20-10-11-23-24(14-20)34-15-33-23/h3-14,25-26H,15H2,1-2H3,(H,30,35)/t25-,26+/m1/s1. The fourth-order valence-corrected chi connectivity index (χ4v) is 5.67. The Bertz CT molecular complexity index is 1420. The van der Waals surface area contributed by atoms with Gasteiger partial charge >= 0.3 is 0 Å². The van der Waals surface area contributed by atoms with Crippen molar-refractivity contribution >= 4 is 38.9 Å². The van der Waals surface area contributed by atoms with Gasteiger partial charge in [-0.05, 0) is 86.2 Å². The Labute approximate surface area is 217 Å². The minimum atomic E-state index is -0.118. The van der Waals surface area contributed by atoms with Crippen molar-refractivity contribution in [2.75, 3.05) is 11.7 Å². The highest BCUT2D eigenvalue weighted by Gasteiger charge is 2.42. The quantitative estimate of drug-likeness (QED) is 0.309. The van der Waals surface area contributed by atoms with E-state index >= 15 is 0 Å². The minimum absolute atomic E-state index is 0.104. The van der Waals surface area contributed by atoms with Crippen LogP contribution in [0.5, 0.6) is 11.5 Å². The van der Waals surface area contributed by atoms with Gasteiger partial charge in [-0.2, -0.15) is 0 Å². The molecule has 2 aliphatic rings. The molecule has 2 aromatic heterocycles. The zero-order valence-corrected chi connectivity index (χ0v) is 21.6. The van der Waals surface area contributed by atoms with E-state index in [4.69, 9.17) is 21.7 Å². The van der Waals surface area contributed by atoms with Crippen molar-refractivity contribution in [2.45, 2.75) is 25.9 Å². The molecule has 35 heavy (non-hydrogen) atoms. The Morgan fingerprint density at radius 2 is 1.74 bits per heavy atom. The first-order valence-electron chi connectivity index (χ1n) is 11.4. The molecule has 0 spiro atoms. The Morgan fingerprint density at radius 3 is 2.51 bits per heavy atom. The van der Waals surface area contributed by atoms with Gasteiger partial charge in [0.25, 0.3) is 0 Å². The van der Waals surface area contributed by atoms with E-state index in [-0.39, 0.29) is 18.9 Å². The summed E-state index contributed by atoms with van der Waals surface area (Å²) in [5.74, 6) is 1.48. The van der Waals surface area contributed by atoms with Crippen molar-refractivity contribution in [2.24, 2.45) is 0 Å². The summed E-state index contributed by atoms with van der Waals surface area (Å²) in [7, 11) is 0. The summed E-state index contributed by atoms with van der Waals surface area (Å²) in [5.41, 5.74) is 6.51. The van der Waals surface area contributed by atoms with Gasteiger partial charge in [-0.3, -0.25) is 4.98 Å². The molecule has 0 unspecified atom stereocenters. The summed E-state index contributed by atoms with van der Waals surface area (Å²) in [6, 6.07) is 22.4. The third kappa shape index (κ3) is 3.77. The van der Waals surface area contributed by atoms with Crippen LogP contribution in [0.25, 0.3) is 5.69 Å². The second-order valence-electron chi connectivity index (χ2n) is 8.67. The number of fused-ring (bicyclic) bond motifs is 1. The molecule has 2 aromatic carbocycles. The van der Waals surface area contributed by atoms with E-state index in [1.807, 2.05) is 42.6 Å². The lowest BCUT2D eigenvalue weighted by Crippen LogP contribution is -2.29. The molecule has 0 amide bonds. The molecular formula is C27H23BrN4O2S. The number of benzene rings is 2. The van der Waals surface area contributed by atoms with Crippen LogP contribution in [-0.4, -0.2) is 21.5 Å². The fraction of sp³-hybridized carbons (Fsp3) is 0.185. The van der Waals surface area contributed by atoms with Crippen LogP contribution >= 0.6 is 28.1 Å². The first kappa shape index (κ1) is 22.1. The van der Waals surface area contributed by atoms with Crippen LogP contribution in [0.15, 0.2) is 77.4 Å². The van der Waals surface area contributed by atoms with E-state index in [9.17, 15) is 0 Å². The van der Waals surface area contributed by atoms with Crippen LogP contribution < -0.4 is 19.7 Å². The molecule has 8 heteroatoms. The van der Waals surface area contributed by atoms with Crippen molar-refractivity contribution < 1.29 is 9.47 Å². The minimum Gasteiger partial charge on any atom is -0.454 e. The molecule has 0 saturated carbocycles. The van der Waals surface area contributed by atoms with Gasteiger partial charge in [0.2, 0.25) is 6.79 Å². The highest BCUT2D eigenvalue weighted by atomic mass is 79.9. The lowest BCUT2D eigenvalue weighted by molar-refractivity contribution is 0.174. The molecule has 2 aliphatic heterocycles. The largest absolute Gasteiger partial charge is 0.454 e. The first-order chi connectivity index (χ1) is 17.0. The number of nitrogens with zero attached hydrogens (tertiary/aromatic N) is 3. The molecule has 6 nitrogen and oxygen atoms in total. The molecule has 1 fully saturated rings. The maximum atomic E-state index is 5.90. The van der Waals surface area contributed by atoms with Crippen LogP contribution in [-0.2, 0) is 0 Å². The van der Waals surface area contributed by atoms with E-state index in [1.54, 1.807) is 0 Å². The van der Waals surface area contributed by atoms with Crippen molar-refractivity contribution in [3.05, 3.63) is 100 Å². The van der Waals surface area contributed by atoms with E-state index in [1.165, 1.54) is 5.56 Å². The molecule has 0 aliphatic carbocycles. The van der Waals surface area contributed by atoms with E-state index in [0.717, 1.165) is 44.4 Å². The number of rotatable bonds is 4. The predicted molar refractivity (Wildman–Crippen MR) is 143 cm³/mol. The van der Waals surface area contributed by atoms with Gasteiger partial charge < -0.3 is 24.3 Å². The van der Waals surface area contributed by atoms with Gasteiger partial charge in [0.1, 0.15) is 0 Å². The number of ether oxygens (including phenoxy) is 2. The zero-order valence-electron chi connectivity index (χ0n) is 19.2. The van der Waals surface area contributed by atoms with Gasteiger partial charge in [-0.1, -0.05) is 22.0 Å². The third-order valence-electron chi connectivity index (χ3n) is 6.61. The predicted octanol–water partition coefficient (Wildman–Crippen LogP) is 6.16. The number of hydrogen-bond donors (Lipinski definition) is 1. The van der Waals surface area contributed by atoms with Gasteiger partial charge in [0.15, 0.2) is 16.6 Å². The van der Waals surface area contributed by atoms with Crippen LogP contribution in [0.3, 0.4) is 0 Å². The van der Waals surface area contributed by atoms with Crippen LogP contribution in [0.2, 0.25) is 0 Å². The topological polar surface area (TPSA) is 51.6 Å². The van der Waals surface area contributed by atoms with Crippen LogP contribution in [0, 0.1) is 13.8 Å². The zero-order chi connectivity index (χ0) is 24.1. The van der Waals surface area contributed by atoms with E-state index < -0.39 is 0 Å². The van der Waals surface area contributed by atoms with E-state index in [0.29, 0.717) is 5.11 Å². The van der Waals surface area contributed by atoms with Crippen molar-refractivity contribution in [1.29, 1.82) is 0 Å². The summed E-state index contributed by atoms with van der Waals surface area (Å²) in [6.45, 7) is 4.54. The van der Waals surface area contributed by atoms with Gasteiger partial charge in [-0.25, -0.2) is 0 Å². The Hall–Kier alpha value is -3.36. The highest BCUT2D eigenvalue weighted by molar-refractivity contribution is 9.10. The Morgan fingerprint density at radius 1 is 0.971 bits per heavy atom. The molecule has 0 radical (unpaired) electrons. The molecule has 4 aromatic rings. The highest BCUT2D eigenvalue weighted by Crippen LogP contribution is 2.46. The van der Waals surface area contributed by atoms with Crippen LogP contribution in [0.1, 0.15) is 34.7 Å². The summed E-state index contributed by atoms with van der Waals surface area (Å²) in [5, 5.41) is 4.20. The SMILES string of the molecule is Cc1cc([C@H]2[C@@H](c3ccccn3)NC(=S)N2c2ccc3c(c2)OCO3)c(C)n1-c1ccc(Br)cc1. The molecule has 4 heterocycles. The summed E-state index contributed by atoms with van der Waals surface area (Å²) in [6.07, 6.45) is 1.82. The number of aromatic nitrogens is 2. The number of nitrogens with one attached hydrogen (secondary N) is 1. The Kier molecular flexibility index (Phi) is 5.50. The van der Waals surface area contributed by atoms with Gasteiger partial charge in [-0.15, -0.1) is 0 Å².